The summed E-state index contributed by atoms with van der Waals surface area (Å²) < 4.78 is 4.77. The fourth-order valence-corrected chi connectivity index (χ4v) is 3.89. The van der Waals surface area contributed by atoms with E-state index in [1.165, 1.54) is 50.0 Å². The van der Waals surface area contributed by atoms with Gasteiger partial charge in [-0.25, -0.2) is 0 Å². The predicted octanol–water partition coefficient (Wildman–Crippen LogP) is 5.36. The quantitative estimate of drug-likeness (QED) is 0.448. The maximum absolute atomic E-state index is 2.44. The summed E-state index contributed by atoms with van der Waals surface area (Å²) >= 11 is 0. The van der Waals surface area contributed by atoms with Crippen molar-refractivity contribution in [2.45, 2.75) is 27.7 Å². The highest BCUT2D eigenvalue weighted by molar-refractivity contribution is 6.10. The zero-order valence-electron chi connectivity index (χ0n) is 14.4. The van der Waals surface area contributed by atoms with E-state index in [0.717, 1.165) is 0 Å². The largest absolute Gasteiger partial charge is 0.334 e. The Balaban J connectivity index is 2.32. The Bertz CT molecular complexity index is 1040. The molecule has 0 atom stereocenters. The van der Waals surface area contributed by atoms with E-state index in [4.69, 9.17) is 0 Å². The number of hydrogen-bond acceptors (Lipinski definition) is 0. The van der Waals surface area contributed by atoms with Crippen LogP contribution in [0.5, 0.6) is 0 Å². The third-order valence-electron chi connectivity index (χ3n) is 5.25. The molecule has 0 unspecified atom stereocenters. The Hall–Kier alpha value is -2.48. The molecule has 2 aromatic heterocycles. The van der Waals surface area contributed by atoms with Crippen molar-refractivity contribution in [3.8, 4) is 5.69 Å². The summed E-state index contributed by atoms with van der Waals surface area (Å²) in [5, 5.41) is 2.72. The van der Waals surface area contributed by atoms with Gasteiger partial charge in [0.1, 0.15) is 5.65 Å². The zero-order valence-corrected chi connectivity index (χ0v) is 14.4. The standard InChI is InChI=1S/C21H22N2/c1-13-9-8-10-14(2)20(13)23-18-12-7-6-11-17(18)19-15(3)16(4)22(5)21(19)23/h6-12H,1-5H3. The molecule has 0 amide bonds. The lowest BCUT2D eigenvalue weighted by Crippen LogP contribution is -2.04. The van der Waals surface area contributed by atoms with Crippen LogP contribution in [0.4, 0.5) is 0 Å². The van der Waals surface area contributed by atoms with Crippen molar-refractivity contribution in [1.29, 1.82) is 0 Å². The second kappa shape index (κ2) is 4.76. The summed E-state index contributed by atoms with van der Waals surface area (Å²) in [6.07, 6.45) is 0. The SMILES string of the molecule is Cc1cccc(C)c1-n1c2ccccc2c2c(C)c(C)n(C)c21. The van der Waals surface area contributed by atoms with Crippen LogP contribution in [0.3, 0.4) is 0 Å². The van der Waals surface area contributed by atoms with Gasteiger partial charge in [0.15, 0.2) is 0 Å². The molecule has 0 fully saturated rings. The molecular formula is C21H22N2. The van der Waals surface area contributed by atoms with Crippen molar-refractivity contribution in [3.63, 3.8) is 0 Å². The van der Waals surface area contributed by atoms with Crippen molar-refractivity contribution in [2.75, 3.05) is 0 Å². The van der Waals surface area contributed by atoms with Gasteiger partial charge < -0.3 is 4.57 Å². The van der Waals surface area contributed by atoms with Crippen molar-refractivity contribution < 1.29 is 0 Å². The van der Waals surface area contributed by atoms with Crippen LogP contribution in [0.15, 0.2) is 42.5 Å². The van der Waals surface area contributed by atoms with Crippen molar-refractivity contribution >= 4 is 21.9 Å². The summed E-state index contributed by atoms with van der Waals surface area (Å²) in [6, 6.07) is 15.3. The first-order valence-electron chi connectivity index (χ1n) is 8.14. The first-order chi connectivity index (χ1) is 11.0. The number of rotatable bonds is 1. The van der Waals surface area contributed by atoms with Crippen LogP contribution in [0.2, 0.25) is 0 Å². The van der Waals surface area contributed by atoms with Gasteiger partial charge >= 0.3 is 0 Å². The van der Waals surface area contributed by atoms with Crippen LogP contribution in [-0.2, 0) is 7.05 Å². The van der Waals surface area contributed by atoms with Crippen LogP contribution in [0.1, 0.15) is 22.4 Å². The van der Waals surface area contributed by atoms with Crippen molar-refractivity contribution in [1.82, 2.24) is 9.13 Å². The third-order valence-corrected chi connectivity index (χ3v) is 5.25. The third kappa shape index (κ3) is 1.75. The summed E-state index contributed by atoms with van der Waals surface area (Å²) in [5.74, 6) is 0. The van der Waals surface area contributed by atoms with E-state index >= 15 is 0 Å². The first kappa shape index (κ1) is 14.1. The minimum Gasteiger partial charge on any atom is -0.334 e. The lowest BCUT2D eigenvalue weighted by atomic mass is 10.1. The van der Waals surface area contributed by atoms with Gasteiger partial charge in [0.2, 0.25) is 0 Å². The molecule has 2 nitrogen and oxygen atoms in total. The molecule has 116 valence electrons. The minimum atomic E-state index is 1.29. The second-order valence-electron chi connectivity index (χ2n) is 6.56. The maximum atomic E-state index is 2.44. The fraction of sp³-hybridized carbons (Fsp3) is 0.238. The molecular weight excluding hydrogens is 280 g/mol. The van der Waals surface area contributed by atoms with Gasteiger partial charge in [-0.3, -0.25) is 4.57 Å². The lowest BCUT2D eigenvalue weighted by molar-refractivity contribution is 0.877. The number of nitrogens with zero attached hydrogens (tertiary/aromatic N) is 2. The smallest absolute Gasteiger partial charge is 0.126 e. The van der Waals surface area contributed by atoms with Gasteiger partial charge in [0.05, 0.1) is 11.2 Å². The number of fused-ring (bicyclic) bond motifs is 3. The minimum absolute atomic E-state index is 1.29. The van der Waals surface area contributed by atoms with Crippen molar-refractivity contribution in [3.05, 3.63) is 64.8 Å². The molecule has 2 aromatic carbocycles. The van der Waals surface area contributed by atoms with Crippen LogP contribution < -0.4 is 0 Å². The topological polar surface area (TPSA) is 9.86 Å². The first-order valence-corrected chi connectivity index (χ1v) is 8.14. The summed E-state index contributed by atoms with van der Waals surface area (Å²) in [5.41, 5.74) is 9.21. The van der Waals surface area contributed by atoms with Crippen LogP contribution in [-0.4, -0.2) is 9.13 Å². The van der Waals surface area contributed by atoms with E-state index < -0.39 is 0 Å². The predicted molar refractivity (Wildman–Crippen MR) is 98.7 cm³/mol. The number of benzene rings is 2. The molecule has 23 heavy (non-hydrogen) atoms. The van der Waals surface area contributed by atoms with E-state index in [1.807, 2.05) is 0 Å². The number of aromatic nitrogens is 2. The monoisotopic (exact) mass is 302 g/mol. The molecule has 0 spiro atoms. The van der Waals surface area contributed by atoms with Gasteiger partial charge in [-0.05, 0) is 50.5 Å². The molecule has 0 aliphatic heterocycles. The Kier molecular flexibility index (Phi) is 2.92. The molecule has 0 aliphatic rings. The average molecular weight is 302 g/mol. The van der Waals surface area contributed by atoms with E-state index in [9.17, 15) is 0 Å². The molecule has 2 heterocycles. The molecule has 0 aliphatic carbocycles. The van der Waals surface area contributed by atoms with Crippen LogP contribution in [0, 0.1) is 27.7 Å². The average Bonchev–Trinajstić information content (AvgIpc) is 2.98. The molecule has 2 heteroatoms. The zero-order chi connectivity index (χ0) is 16.3. The van der Waals surface area contributed by atoms with E-state index in [1.54, 1.807) is 0 Å². The van der Waals surface area contributed by atoms with Crippen molar-refractivity contribution in [2.24, 2.45) is 7.05 Å². The fourth-order valence-electron chi connectivity index (χ4n) is 3.89. The van der Waals surface area contributed by atoms with E-state index in [0.29, 0.717) is 0 Å². The molecule has 0 radical (unpaired) electrons. The van der Waals surface area contributed by atoms with E-state index in [2.05, 4.69) is 86.3 Å². The Morgan fingerprint density at radius 2 is 1.43 bits per heavy atom. The van der Waals surface area contributed by atoms with E-state index in [-0.39, 0.29) is 0 Å². The Labute approximate surface area is 137 Å². The maximum Gasteiger partial charge on any atom is 0.126 e. The molecule has 0 saturated heterocycles. The number of para-hydroxylation sites is 2. The molecule has 0 saturated carbocycles. The van der Waals surface area contributed by atoms with Crippen LogP contribution in [0.25, 0.3) is 27.6 Å². The number of aryl methyl sites for hydroxylation is 4. The van der Waals surface area contributed by atoms with Gasteiger partial charge in [0, 0.05) is 23.5 Å². The van der Waals surface area contributed by atoms with Gasteiger partial charge in [-0.1, -0.05) is 36.4 Å². The van der Waals surface area contributed by atoms with Gasteiger partial charge in [-0.15, -0.1) is 0 Å². The highest BCUT2D eigenvalue weighted by Gasteiger charge is 2.20. The number of hydrogen-bond donors (Lipinski definition) is 0. The molecule has 0 N–H and O–H groups in total. The highest BCUT2D eigenvalue weighted by Crippen LogP contribution is 2.37. The summed E-state index contributed by atoms with van der Waals surface area (Å²) in [7, 11) is 2.17. The van der Waals surface area contributed by atoms with Gasteiger partial charge in [-0.2, -0.15) is 0 Å². The second-order valence-corrected chi connectivity index (χ2v) is 6.56. The lowest BCUT2D eigenvalue weighted by Gasteiger charge is -2.15. The molecule has 4 aromatic rings. The normalized spacial score (nSPS) is 11.7. The highest BCUT2D eigenvalue weighted by atomic mass is 15.1. The summed E-state index contributed by atoms with van der Waals surface area (Å²) in [4.78, 5) is 0. The molecule has 4 rings (SSSR count). The van der Waals surface area contributed by atoms with Gasteiger partial charge in [0.25, 0.3) is 0 Å². The van der Waals surface area contributed by atoms with Crippen LogP contribution >= 0.6 is 0 Å². The summed E-state index contributed by atoms with van der Waals surface area (Å²) in [6.45, 7) is 8.84. The Morgan fingerprint density at radius 3 is 2.13 bits per heavy atom. The molecule has 0 bridgehead atoms. The Morgan fingerprint density at radius 1 is 0.783 bits per heavy atom.